The quantitative estimate of drug-likeness (QED) is 0.454. The first kappa shape index (κ1) is 19.0. The number of nitrogens with zero attached hydrogens (tertiary/aromatic N) is 3. The highest BCUT2D eigenvalue weighted by atomic mass is 35.5. The molecule has 0 bridgehead atoms. The smallest absolute Gasteiger partial charge is 0.226 e. The SMILES string of the molecule is COc1ccc([C@@H]2C3=C(Nc4ncnn42)c2ccccc2O[C@@H]3c2ccc(Cl)cc2)cc1. The fraction of sp³-hybridized carbons (Fsp3) is 0.120. The molecular formula is C25H19ClN4O2. The summed E-state index contributed by atoms with van der Waals surface area (Å²) in [5.74, 6) is 2.31. The standard InChI is InChI=1S/C25H19ClN4O2/c1-31-18-12-8-15(9-13-18)23-21-22(29-25-27-14-28-30(23)25)19-4-2-3-5-20(19)32-24(21)16-6-10-17(26)11-7-16/h2-14,23-24H,1H3,(H,27,28,29)/t23-,24-/m1/s1. The van der Waals surface area contributed by atoms with E-state index >= 15 is 0 Å². The van der Waals surface area contributed by atoms with Crippen molar-refractivity contribution in [2.75, 3.05) is 12.4 Å². The Bertz CT molecular complexity index is 1330. The molecule has 2 atom stereocenters. The number of rotatable bonds is 3. The van der Waals surface area contributed by atoms with E-state index in [1.807, 2.05) is 59.3 Å². The minimum atomic E-state index is -0.325. The maximum absolute atomic E-state index is 6.59. The Balaban J connectivity index is 1.60. The van der Waals surface area contributed by atoms with E-state index in [4.69, 9.17) is 21.1 Å². The molecule has 2 aliphatic heterocycles. The molecule has 158 valence electrons. The summed E-state index contributed by atoms with van der Waals surface area (Å²) < 4.78 is 13.9. The van der Waals surface area contributed by atoms with Crippen molar-refractivity contribution in [3.8, 4) is 11.5 Å². The molecule has 1 N–H and O–H groups in total. The van der Waals surface area contributed by atoms with Crippen LogP contribution in [0.5, 0.6) is 11.5 Å². The monoisotopic (exact) mass is 442 g/mol. The number of para-hydroxylation sites is 1. The van der Waals surface area contributed by atoms with Gasteiger partial charge in [0.1, 0.15) is 30.0 Å². The van der Waals surface area contributed by atoms with Crippen molar-refractivity contribution in [1.82, 2.24) is 14.8 Å². The number of hydrogen-bond acceptors (Lipinski definition) is 5. The van der Waals surface area contributed by atoms with Gasteiger partial charge in [-0.1, -0.05) is 48.0 Å². The van der Waals surface area contributed by atoms with Crippen LogP contribution in [-0.4, -0.2) is 21.9 Å². The zero-order chi connectivity index (χ0) is 21.7. The van der Waals surface area contributed by atoms with E-state index < -0.39 is 0 Å². The Morgan fingerprint density at radius 3 is 2.50 bits per heavy atom. The molecule has 3 aromatic carbocycles. The minimum absolute atomic E-state index is 0.205. The fourth-order valence-electron chi connectivity index (χ4n) is 4.44. The van der Waals surface area contributed by atoms with Crippen molar-refractivity contribution in [2.45, 2.75) is 12.1 Å². The minimum Gasteiger partial charge on any atom is -0.497 e. The molecule has 0 amide bonds. The summed E-state index contributed by atoms with van der Waals surface area (Å²) in [5, 5.41) is 8.74. The lowest BCUT2D eigenvalue weighted by Crippen LogP contribution is -2.32. The van der Waals surface area contributed by atoms with Gasteiger partial charge in [-0.2, -0.15) is 10.1 Å². The molecule has 2 aliphatic rings. The summed E-state index contributed by atoms with van der Waals surface area (Å²) in [6.07, 6.45) is 1.25. The predicted octanol–water partition coefficient (Wildman–Crippen LogP) is 5.50. The molecule has 6 nitrogen and oxygen atoms in total. The maximum atomic E-state index is 6.59. The van der Waals surface area contributed by atoms with Gasteiger partial charge in [0.05, 0.1) is 12.8 Å². The number of benzene rings is 3. The van der Waals surface area contributed by atoms with Crippen LogP contribution in [0, 0.1) is 0 Å². The Morgan fingerprint density at radius 2 is 1.72 bits per heavy atom. The van der Waals surface area contributed by atoms with Crippen molar-refractivity contribution in [1.29, 1.82) is 0 Å². The second-order valence-electron chi connectivity index (χ2n) is 7.70. The molecule has 0 radical (unpaired) electrons. The number of nitrogens with one attached hydrogen (secondary N) is 1. The molecule has 32 heavy (non-hydrogen) atoms. The van der Waals surface area contributed by atoms with E-state index in [1.54, 1.807) is 13.4 Å². The van der Waals surface area contributed by atoms with Crippen LogP contribution in [-0.2, 0) is 0 Å². The highest BCUT2D eigenvalue weighted by molar-refractivity contribution is 6.30. The Labute approximate surface area is 190 Å². The third-order valence-electron chi connectivity index (χ3n) is 5.93. The zero-order valence-electron chi connectivity index (χ0n) is 17.2. The number of halogens is 1. The first-order valence-electron chi connectivity index (χ1n) is 10.3. The van der Waals surface area contributed by atoms with E-state index in [1.165, 1.54) is 0 Å². The topological polar surface area (TPSA) is 61.2 Å². The van der Waals surface area contributed by atoms with Crippen molar-refractivity contribution >= 4 is 23.2 Å². The molecule has 4 aromatic rings. The highest BCUT2D eigenvalue weighted by Crippen LogP contribution is 2.50. The van der Waals surface area contributed by atoms with Gasteiger partial charge < -0.3 is 14.8 Å². The molecule has 0 fully saturated rings. The predicted molar refractivity (Wildman–Crippen MR) is 123 cm³/mol. The van der Waals surface area contributed by atoms with Gasteiger partial charge in [0, 0.05) is 16.2 Å². The molecule has 1 aromatic heterocycles. The number of hydrogen-bond donors (Lipinski definition) is 1. The van der Waals surface area contributed by atoms with Gasteiger partial charge in [0.2, 0.25) is 5.95 Å². The van der Waals surface area contributed by atoms with Crippen molar-refractivity contribution in [2.24, 2.45) is 0 Å². The summed E-state index contributed by atoms with van der Waals surface area (Å²) in [5.41, 5.74) is 5.14. The zero-order valence-corrected chi connectivity index (χ0v) is 18.0. The van der Waals surface area contributed by atoms with Crippen molar-refractivity contribution < 1.29 is 9.47 Å². The van der Waals surface area contributed by atoms with E-state index in [9.17, 15) is 0 Å². The highest BCUT2D eigenvalue weighted by Gasteiger charge is 2.40. The lowest BCUT2D eigenvalue weighted by molar-refractivity contribution is 0.223. The molecule has 6 rings (SSSR count). The van der Waals surface area contributed by atoms with Crippen molar-refractivity contribution in [3.63, 3.8) is 0 Å². The van der Waals surface area contributed by atoms with E-state index in [0.717, 1.165) is 39.5 Å². The van der Waals surface area contributed by atoms with Gasteiger partial charge in [0.25, 0.3) is 0 Å². The molecule has 0 unspecified atom stereocenters. The Morgan fingerprint density at radius 1 is 0.969 bits per heavy atom. The molecule has 0 spiro atoms. The number of aromatic nitrogens is 3. The number of ether oxygens (including phenoxy) is 2. The third-order valence-corrected chi connectivity index (χ3v) is 6.18. The Hall–Kier alpha value is -3.77. The molecule has 3 heterocycles. The van der Waals surface area contributed by atoms with E-state index in [2.05, 4.69) is 33.6 Å². The number of fused-ring (bicyclic) bond motifs is 3. The van der Waals surface area contributed by atoms with Crippen LogP contribution in [0.15, 0.2) is 84.7 Å². The van der Waals surface area contributed by atoms with Crippen LogP contribution in [0.3, 0.4) is 0 Å². The maximum Gasteiger partial charge on any atom is 0.226 e. The normalized spacial score (nSPS) is 18.7. The summed E-state index contributed by atoms with van der Waals surface area (Å²) in [6, 6.07) is 23.7. The summed E-state index contributed by atoms with van der Waals surface area (Å²) in [7, 11) is 1.66. The second-order valence-corrected chi connectivity index (χ2v) is 8.14. The third kappa shape index (κ3) is 2.95. The molecule has 7 heteroatoms. The summed E-state index contributed by atoms with van der Waals surface area (Å²) in [4.78, 5) is 4.46. The van der Waals surface area contributed by atoms with Crippen molar-refractivity contribution in [3.05, 3.63) is 106 Å². The van der Waals surface area contributed by atoms with E-state index in [-0.39, 0.29) is 12.1 Å². The van der Waals surface area contributed by atoms with Gasteiger partial charge in [-0.25, -0.2) is 4.68 Å². The fourth-order valence-corrected chi connectivity index (χ4v) is 4.56. The Kier molecular flexibility index (Phi) is 4.40. The van der Waals surface area contributed by atoms with Crippen LogP contribution in [0.4, 0.5) is 5.95 Å². The largest absolute Gasteiger partial charge is 0.497 e. The van der Waals surface area contributed by atoms with Gasteiger partial charge in [0.15, 0.2) is 0 Å². The average Bonchev–Trinajstić information content (AvgIpc) is 3.31. The van der Waals surface area contributed by atoms with Crippen LogP contribution in [0.2, 0.25) is 5.02 Å². The van der Waals surface area contributed by atoms with Gasteiger partial charge in [-0.05, 0) is 47.5 Å². The molecular weight excluding hydrogens is 424 g/mol. The molecule has 0 saturated heterocycles. The average molecular weight is 443 g/mol. The van der Waals surface area contributed by atoms with Crippen LogP contribution in [0.25, 0.3) is 5.70 Å². The molecule has 0 saturated carbocycles. The second kappa shape index (κ2) is 7.43. The van der Waals surface area contributed by atoms with Crippen LogP contribution in [0.1, 0.15) is 28.8 Å². The summed E-state index contributed by atoms with van der Waals surface area (Å²) >= 11 is 6.18. The lowest BCUT2D eigenvalue weighted by Gasteiger charge is -2.39. The van der Waals surface area contributed by atoms with Crippen LogP contribution >= 0.6 is 11.6 Å². The van der Waals surface area contributed by atoms with Gasteiger partial charge >= 0.3 is 0 Å². The number of methoxy groups -OCH3 is 1. The van der Waals surface area contributed by atoms with Gasteiger partial charge in [-0.15, -0.1) is 0 Å². The first-order chi connectivity index (χ1) is 15.7. The first-order valence-corrected chi connectivity index (χ1v) is 10.7. The summed E-state index contributed by atoms with van der Waals surface area (Å²) in [6.45, 7) is 0. The molecule has 0 aliphatic carbocycles. The number of anilines is 1. The lowest BCUT2D eigenvalue weighted by atomic mass is 9.84. The van der Waals surface area contributed by atoms with E-state index in [0.29, 0.717) is 11.0 Å². The van der Waals surface area contributed by atoms with Crippen LogP contribution < -0.4 is 14.8 Å². The van der Waals surface area contributed by atoms with Gasteiger partial charge in [-0.3, -0.25) is 0 Å².